The summed E-state index contributed by atoms with van der Waals surface area (Å²) in [6.07, 6.45) is -0.217. The van der Waals surface area contributed by atoms with Crippen LogP contribution in [0.3, 0.4) is 0 Å². The van der Waals surface area contributed by atoms with Crippen molar-refractivity contribution >= 4 is 33.2 Å². The van der Waals surface area contributed by atoms with Crippen LogP contribution in [0.5, 0.6) is 0 Å². The lowest BCUT2D eigenvalue weighted by Gasteiger charge is -2.24. The molecule has 0 radical (unpaired) electrons. The summed E-state index contributed by atoms with van der Waals surface area (Å²) < 4.78 is 24.7. The molecular weight excluding hydrogens is 362 g/mol. The molecule has 10 heteroatoms. The zero-order chi connectivity index (χ0) is 19.5. The van der Waals surface area contributed by atoms with Gasteiger partial charge < -0.3 is 5.11 Å². The average molecular weight is 379 g/mol. The van der Waals surface area contributed by atoms with Crippen molar-refractivity contribution in [1.82, 2.24) is 0 Å². The molecule has 0 fully saturated rings. The first-order valence-corrected chi connectivity index (χ1v) is 9.23. The molecule has 0 saturated carbocycles. The zero-order valence-corrected chi connectivity index (χ0v) is 14.9. The number of rotatable bonds is 6. The predicted octanol–water partition coefficient (Wildman–Crippen LogP) is 2.68. The fourth-order valence-electron chi connectivity index (χ4n) is 2.32. The number of para-hydroxylation sites is 1. The Morgan fingerprint density at radius 3 is 2.23 bits per heavy atom. The molecule has 0 atom stereocenters. The van der Waals surface area contributed by atoms with Gasteiger partial charge in [-0.2, -0.15) is 0 Å². The smallest absolute Gasteiger partial charge is 0.412 e. The maximum atomic E-state index is 11.8. The third-order valence-corrected chi connectivity index (χ3v) is 4.95. The highest BCUT2D eigenvalue weighted by molar-refractivity contribution is 7.92. The van der Waals surface area contributed by atoms with E-state index in [0.29, 0.717) is 11.3 Å². The van der Waals surface area contributed by atoms with E-state index in [1.165, 1.54) is 31.3 Å². The second-order valence-electron chi connectivity index (χ2n) is 5.50. The molecule has 0 aliphatic heterocycles. The standard InChI is InChI=1S/C16H17N3O6S/c1-17(26(2,24)25)15-6-4-3-5-12(15)11-18(16(20)21)13-7-9-14(10-8-13)19(22)23/h3-10H,11H2,1-2H3,(H,20,21). The molecule has 0 aliphatic rings. The fourth-order valence-corrected chi connectivity index (χ4v) is 2.86. The fraction of sp³-hybridized carbons (Fsp3) is 0.188. The number of nitrogens with zero attached hydrogens (tertiary/aromatic N) is 3. The number of carboxylic acid groups (broad SMARTS) is 1. The van der Waals surface area contributed by atoms with Crippen LogP contribution in [0.15, 0.2) is 48.5 Å². The number of nitro groups is 1. The van der Waals surface area contributed by atoms with Crippen LogP contribution in [-0.2, 0) is 16.6 Å². The highest BCUT2D eigenvalue weighted by atomic mass is 32.2. The Bertz CT molecular complexity index is 927. The molecule has 2 rings (SSSR count). The average Bonchev–Trinajstić information content (AvgIpc) is 2.58. The van der Waals surface area contributed by atoms with E-state index < -0.39 is 21.0 Å². The van der Waals surface area contributed by atoms with E-state index in [2.05, 4.69) is 0 Å². The van der Waals surface area contributed by atoms with Crippen molar-refractivity contribution in [2.75, 3.05) is 22.5 Å². The number of carbonyl (C=O) groups is 1. The molecule has 0 heterocycles. The van der Waals surface area contributed by atoms with Crippen LogP contribution in [0.2, 0.25) is 0 Å². The van der Waals surface area contributed by atoms with Crippen molar-refractivity contribution in [1.29, 1.82) is 0 Å². The van der Waals surface area contributed by atoms with Gasteiger partial charge in [0.15, 0.2) is 0 Å². The van der Waals surface area contributed by atoms with Crippen LogP contribution >= 0.6 is 0 Å². The lowest BCUT2D eigenvalue weighted by atomic mass is 10.1. The Kier molecular flexibility index (Phi) is 5.46. The van der Waals surface area contributed by atoms with Gasteiger partial charge in [0.1, 0.15) is 0 Å². The van der Waals surface area contributed by atoms with E-state index in [9.17, 15) is 28.4 Å². The van der Waals surface area contributed by atoms with Gasteiger partial charge in [0, 0.05) is 24.9 Å². The number of non-ortho nitro benzene ring substituents is 1. The van der Waals surface area contributed by atoms with Crippen LogP contribution < -0.4 is 9.21 Å². The summed E-state index contributed by atoms with van der Waals surface area (Å²) in [4.78, 5) is 22.8. The summed E-state index contributed by atoms with van der Waals surface area (Å²) in [5.74, 6) is 0. The Labute approximate surface area is 150 Å². The molecule has 9 nitrogen and oxygen atoms in total. The van der Waals surface area contributed by atoms with E-state index in [4.69, 9.17) is 0 Å². The number of hydrogen-bond donors (Lipinski definition) is 1. The Morgan fingerprint density at radius 2 is 1.73 bits per heavy atom. The molecule has 0 saturated heterocycles. The maximum absolute atomic E-state index is 11.8. The molecule has 0 bridgehead atoms. The lowest BCUT2D eigenvalue weighted by Crippen LogP contribution is -2.31. The summed E-state index contributed by atoms with van der Waals surface area (Å²) >= 11 is 0. The number of nitro benzene ring substituents is 1. The van der Waals surface area contributed by atoms with Crippen molar-refractivity contribution in [3.63, 3.8) is 0 Å². The molecule has 2 aromatic rings. The second kappa shape index (κ2) is 7.40. The molecule has 26 heavy (non-hydrogen) atoms. The summed E-state index contributed by atoms with van der Waals surface area (Å²) in [7, 11) is -2.14. The summed E-state index contributed by atoms with van der Waals surface area (Å²) in [5.41, 5.74) is 0.903. The highest BCUT2D eigenvalue weighted by Gasteiger charge is 2.21. The van der Waals surface area contributed by atoms with Crippen molar-refractivity contribution in [2.45, 2.75) is 6.54 Å². The molecule has 0 aromatic heterocycles. The summed E-state index contributed by atoms with van der Waals surface area (Å²) in [6.45, 7) is -0.122. The van der Waals surface area contributed by atoms with Gasteiger partial charge in [-0.05, 0) is 23.8 Å². The Hall–Kier alpha value is -3.14. The van der Waals surface area contributed by atoms with E-state index in [-0.39, 0.29) is 17.9 Å². The third kappa shape index (κ3) is 4.28. The van der Waals surface area contributed by atoms with Gasteiger partial charge in [-0.25, -0.2) is 13.2 Å². The number of amides is 1. The van der Waals surface area contributed by atoms with Crippen LogP contribution in [0.25, 0.3) is 0 Å². The number of sulfonamides is 1. The molecule has 138 valence electrons. The minimum absolute atomic E-state index is 0.122. The van der Waals surface area contributed by atoms with Gasteiger partial charge in [0.05, 0.1) is 23.4 Å². The topological polar surface area (TPSA) is 121 Å². The number of anilines is 2. The van der Waals surface area contributed by atoms with Gasteiger partial charge in [-0.3, -0.25) is 19.3 Å². The Morgan fingerprint density at radius 1 is 1.15 bits per heavy atom. The van der Waals surface area contributed by atoms with Gasteiger partial charge in [-0.15, -0.1) is 0 Å². The van der Waals surface area contributed by atoms with Crippen molar-refractivity contribution in [2.24, 2.45) is 0 Å². The molecule has 2 aromatic carbocycles. The summed E-state index contributed by atoms with van der Waals surface area (Å²) in [5, 5.41) is 20.2. The van der Waals surface area contributed by atoms with E-state index in [1.54, 1.807) is 24.3 Å². The largest absolute Gasteiger partial charge is 0.465 e. The lowest BCUT2D eigenvalue weighted by molar-refractivity contribution is -0.384. The molecule has 0 unspecified atom stereocenters. The van der Waals surface area contributed by atoms with Gasteiger partial charge in [0.2, 0.25) is 10.0 Å². The minimum Gasteiger partial charge on any atom is -0.465 e. The van der Waals surface area contributed by atoms with Crippen LogP contribution in [0, 0.1) is 10.1 Å². The second-order valence-corrected chi connectivity index (χ2v) is 7.52. The van der Waals surface area contributed by atoms with Crippen molar-refractivity contribution in [3.8, 4) is 0 Å². The number of hydrogen-bond acceptors (Lipinski definition) is 5. The summed E-state index contributed by atoms with van der Waals surface area (Å²) in [6, 6.07) is 11.6. The minimum atomic E-state index is -3.52. The van der Waals surface area contributed by atoms with E-state index >= 15 is 0 Å². The third-order valence-electron chi connectivity index (χ3n) is 3.76. The molecule has 1 amide bonds. The molecule has 1 N–H and O–H groups in total. The first kappa shape index (κ1) is 19.2. The van der Waals surface area contributed by atoms with E-state index in [0.717, 1.165) is 15.5 Å². The zero-order valence-electron chi connectivity index (χ0n) is 14.1. The monoisotopic (exact) mass is 379 g/mol. The normalized spacial score (nSPS) is 11.0. The maximum Gasteiger partial charge on any atom is 0.412 e. The van der Waals surface area contributed by atoms with Gasteiger partial charge in [0.25, 0.3) is 5.69 Å². The van der Waals surface area contributed by atoms with Crippen molar-refractivity contribution in [3.05, 3.63) is 64.2 Å². The quantitative estimate of drug-likeness (QED) is 0.608. The van der Waals surface area contributed by atoms with Gasteiger partial charge >= 0.3 is 6.09 Å². The van der Waals surface area contributed by atoms with E-state index in [1.807, 2.05) is 0 Å². The van der Waals surface area contributed by atoms with Gasteiger partial charge in [-0.1, -0.05) is 18.2 Å². The first-order chi connectivity index (χ1) is 12.1. The Balaban J connectivity index is 2.40. The van der Waals surface area contributed by atoms with Crippen LogP contribution in [-0.4, -0.2) is 37.8 Å². The predicted molar refractivity (Wildman–Crippen MR) is 97.0 cm³/mol. The first-order valence-electron chi connectivity index (χ1n) is 7.38. The van der Waals surface area contributed by atoms with Crippen LogP contribution in [0.1, 0.15) is 5.56 Å². The molecule has 0 spiro atoms. The molecular formula is C16H17N3O6S. The SMILES string of the molecule is CN(c1ccccc1CN(C(=O)O)c1ccc([N+](=O)[O-])cc1)S(C)(=O)=O. The molecule has 0 aliphatic carbocycles. The van der Waals surface area contributed by atoms with Crippen LogP contribution in [0.4, 0.5) is 21.9 Å². The highest BCUT2D eigenvalue weighted by Crippen LogP contribution is 2.26. The van der Waals surface area contributed by atoms with Crippen molar-refractivity contribution < 1.29 is 23.2 Å². The number of benzene rings is 2.